The molecule has 0 radical (unpaired) electrons. The van der Waals surface area contributed by atoms with Gasteiger partial charge in [0.1, 0.15) is 11.4 Å². The van der Waals surface area contributed by atoms with Gasteiger partial charge in [-0.1, -0.05) is 23.7 Å². The molecule has 0 aliphatic rings. The molecule has 0 aliphatic carbocycles. The molecule has 0 amide bonds. The van der Waals surface area contributed by atoms with E-state index < -0.39 is 0 Å². The Balaban J connectivity index is 1.82. The summed E-state index contributed by atoms with van der Waals surface area (Å²) in [6, 6.07) is 7.51. The lowest BCUT2D eigenvalue weighted by atomic mass is 10.1. The molecule has 0 bridgehead atoms. The molecular formula is C19H19ClN4O2. The molecule has 6 nitrogen and oxygen atoms in total. The van der Waals surface area contributed by atoms with E-state index in [4.69, 9.17) is 16.3 Å². The normalized spacial score (nSPS) is 11.2. The van der Waals surface area contributed by atoms with Gasteiger partial charge >= 0.3 is 0 Å². The standard InChI is InChI=1S/C19H19ClN4O2/c1-13-8-17(23(2)22-13)18(25)6-4-14-5-7-19(26-3)15(9-14)11-24-12-16(20)10-21-24/h4-10,12H,11H2,1-3H3. The maximum absolute atomic E-state index is 12.4. The van der Waals surface area contributed by atoms with E-state index in [0.717, 1.165) is 22.6 Å². The minimum Gasteiger partial charge on any atom is -0.496 e. The van der Waals surface area contributed by atoms with Gasteiger partial charge in [0.25, 0.3) is 0 Å². The van der Waals surface area contributed by atoms with Crippen LogP contribution < -0.4 is 4.74 Å². The highest BCUT2D eigenvalue weighted by atomic mass is 35.5. The molecule has 0 saturated heterocycles. The van der Waals surface area contributed by atoms with Crippen LogP contribution in [-0.4, -0.2) is 32.5 Å². The Morgan fingerprint density at radius 3 is 2.77 bits per heavy atom. The number of hydrogen-bond donors (Lipinski definition) is 0. The number of benzene rings is 1. The maximum atomic E-state index is 12.4. The summed E-state index contributed by atoms with van der Waals surface area (Å²) in [5.41, 5.74) is 3.21. The van der Waals surface area contributed by atoms with Crippen LogP contribution >= 0.6 is 11.6 Å². The van der Waals surface area contributed by atoms with Crippen LogP contribution in [0.2, 0.25) is 5.02 Å². The van der Waals surface area contributed by atoms with Crippen molar-refractivity contribution in [2.24, 2.45) is 7.05 Å². The van der Waals surface area contributed by atoms with Crippen LogP contribution in [0.15, 0.2) is 42.7 Å². The van der Waals surface area contributed by atoms with E-state index in [1.807, 2.05) is 25.1 Å². The number of carbonyl (C=O) groups is 1. The monoisotopic (exact) mass is 370 g/mol. The Morgan fingerprint density at radius 1 is 1.35 bits per heavy atom. The van der Waals surface area contributed by atoms with Crippen LogP contribution in [0.3, 0.4) is 0 Å². The summed E-state index contributed by atoms with van der Waals surface area (Å²) in [7, 11) is 3.38. The van der Waals surface area contributed by atoms with E-state index in [2.05, 4.69) is 10.2 Å². The van der Waals surface area contributed by atoms with Crippen LogP contribution in [0.5, 0.6) is 5.75 Å². The molecule has 7 heteroatoms. The molecule has 0 saturated carbocycles. The zero-order chi connectivity index (χ0) is 18.7. The second kappa shape index (κ2) is 7.58. The molecule has 26 heavy (non-hydrogen) atoms. The summed E-state index contributed by atoms with van der Waals surface area (Å²) in [5.74, 6) is 0.659. The fourth-order valence-corrected chi connectivity index (χ4v) is 2.88. The number of methoxy groups -OCH3 is 1. The molecule has 0 atom stereocenters. The van der Waals surface area contributed by atoms with Crippen molar-refractivity contribution in [3.8, 4) is 5.75 Å². The number of aromatic nitrogens is 4. The fourth-order valence-electron chi connectivity index (χ4n) is 2.72. The van der Waals surface area contributed by atoms with E-state index in [9.17, 15) is 4.79 Å². The number of ether oxygens (including phenoxy) is 1. The zero-order valence-corrected chi connectivity index (χ0v) is 15.6. The molecule has 0 unspecified atom stereocenters. The number of halogens is 1. The van der Waals surface area contributed by atoms with Gasteiger partial charge < -0.3 is 4.74 Å². The highest BCUT2D eigenvalue weighted by Crippen LogP contribution is 2.22. The lowest BCUT2D eigenvalue weighted by molar-refractivity contribution is 0.103. The van der Waals surface area contributed by atoms with Crippen molar-refractivity contribution in [1.82, 2.24) is 19.6 Å². The molecule has 0 N–H and O–H groups in total. The third kappa shape index (κ3) is 4.03. The number of allylic oxidation sites excluding steroid dienone is 1. The smallest absolute Gasteiger partial charge is 0.203 e. The van der Waals surface area contributed by atoms with Crippen LogP contribution in [-0.2, 0) is 13.6 Å². The van der Waals surface area contributed by atoms with Gasteiger partial charge in [-0.2, -0.15) is 10.2 Å². The van der Waals surface area contributed by atoms with E-state index in [1.54, 1.807) is 54.1 Å². The van der Waals surface area contributed by atoms with Crippen molar-refractivity contribution in [1.29, 1.82) is 0 Å². The van der Waals surface area contributed by atoms with Crippen LogP contribution in [0.4, 0.5) is 0 Å². The molecule has 0 aliphatic heterocycles. The maximum Gasteiger partial charge on any atom is 0.203 e. The highest BCUT2D eigenvalue weighted by Gasteiger charge is 2.09. The second-order valence-corrected chi connectivity index (χ2v) is 6.36. The topological polar surface area (TPSA) is 61.9 Å². The number of hydrogen-bond acceptors (Lipinski definition) is 4. The summed E-state index contributed by atoms with van der Waals surface area (Å²) < 4.78 is 8.74. The van der Waals surface area contributed by atoms with Gasteiger partial charge in [-0.3, -0.25) is 14.2 Å². The number of nitrogens with zero attached hydrogens (tertiary/aromatic N) is 4. The van der Waals surface area contributed by atoms with Crippen molar-refractivity contribution in [2.45, 2.75) is 13.5 Å². The van der Waals surface area contributed by atoms with Gasteiger partial charge in [-0.05, 0) is 36.8 Å². The Labute approximate surface area is 156 Å². The molecule has 1 aromatic carbocycles. The first-order chi connectivity index (χ1) is 12.5. The summed E-state index contributed by atoms with van der Waals surface area (Å²) in [6.07, 6.45) is 6.67. The average Bonchev–Trinajstić information content (AvgIpc) is 3.17. The van der Waals surface area contributed by atoms with Crippen molar-refractivity contribution in [3.63, 3.8) is 0 Å². The summed E-state index contributed by atoms with van der Waals surface area (Å²) in [4.78, 5) is 12.4. The van der Waals surface area contributed by atoms with Gasteiger partial charge in [-0.25, -0.2) is 0 Å². The first kappa shape index (κ1) is 17.9. The third-order valence-corrected chi connectivity index (χ3v) is 4.12. The predicted octanol–water partition coefficient (Wildman–Crippen LogP) is 3.53. The summed E-state index contributed by atoms with van der Waals surface area (Å²) in [5, 5.41) is 8.97. The van der Waals surface area contributed by atoms with Crippen molar-refractivity contribution < 1.29 is 9.53 Å². The quantitative estimate of drug-likeness (QED) is 0.492. The molecule has 3 rings (SSSR count). The average molecular weight is 371 g/mol. The molecule has 2 aromatic heterocycles. The van der Waals surface area contributed by atoms with Gasteiger partial charge in [-0.15, -0.1) is 0 Å². The van der Waals surface area contributed by atoms with Gasteiger partial charge in [0.2, 0.25) is 5.78 Å². The van der Waals surface area contributed by atoms with E-state index >= 15 is 0 Å². The zero-order valence-electron chi connectivity index (χ0n) is 14.8. The number of rotatable bonds is 6. The van der Waals surface area contributed by atoms with Gasteiger partial charge in [0.05, 0.1) is 30.6 Å². The van der Waals surface area contributed by atoms with Crippen molar-refractivity contribution >= 4 is 23.5 Å². The lowest BCUT2D eigenvalue weighted by Crippen LogP contribution is -2.04. The van der Waals surface area contributed by atoms with E-state index in [0.29, 0.717) is 17.3 Å². The van der Waals surface area contributed by atoms with Crippen molar-refractivity contribution in [3.05, 3.63) is 70.3 Å². The van der Waals surface area contributed by atoms with Crippen LogP contribution in [0.25, 0.3) is 6.08 Å². The predicted molar refractivity (Wildman–Crippen MR) is 101 cm³/mol. The summed E-state index contributed by atoms with van der Waals surface area (Å²) in [6.45, 7) is 2.38. The summed E-state index contributed by atoms with van der Waals surface area (Å²) >= 11 is 5.92. The van der Waals surface area contributed by atoms with E-state index in [1.165, 1.54) is 0 Å². The number of aryl methyl sites for hydroxylation is 2. The van der Waals surface area contributed by atoms with Crippen molar-refractivity contribution in [2.75, 3.05) is 7.11 Å². The highest BCUT2D eigenvalue weighted by molar-refractivity contribution is 6.30. The number of ketones is 1. The van der Waals surface area contributed by atoms with Crippen LogP contribution in [0, 0.1) is 6.92 Å². The Hall–Kier alpha value is -2.86. The second-order valence-electron chi connectivity index (χ2n) is 5.92. The first-order valence-corrected chi connectivity index (χ1v) is 8.42. The Kier molecular flexibility index (Phi) is 5.23. The minimum absolute atomic E-state index is 0.0932. The number of carbonyl (C=O) groups excluding carboxylic acids is 1. The SMILES string of the molecule is COc1ccc(C=CC(=O)c2cc(C)nn2C)cc1Cn1cc(Cl)cn1. The largest absolute Gasteiger partial charge is 0.496 e. The first-order valence-electron chi connectivity index (χ1n) is 8.04. The molecule has 3 aromatic rings. The Morgan fingerprint density at radius 2 is 2.15 bits per heavy atom. The molecular weight excluding hydrogens is 352 g/mol. The van der Waals surface area contributed by atoms with E-state index in [-0.39, 0.29) is 5.78 Å². The third-order valence-electron chi connectivity index (χ3n) is 3.92. The van der Waals surface area contributed by atoms with Crippen LogP contribution in [0.1, 0.15) is 27.3 Å². The fraction of sp³-hybridized carbons (Fsp3) is 0.211. The van der Waals surface area contributed by atoms with Gasteiger partial charge in [0.15, 0.2) is 0 Å². The molecule has 0 spiro atoms. The lowest BCUT2D eigenvalue weighted by Gasteiger charge is -2.09. The molecule has 0 fully saturated rings. The van der Waals surface area contributed by atoms with Gasteiger partial charge in [0, 0.05) is 18.8 Å². The molecule has 2 heterocycles. The Bertz CT molecular complexity index is 972. The molecule has 134 valence electrons. The minimum atomic E-state index is -0.0932.